The van der Waals surface area contributed by atoms with Crippen LogP contribution in [0.4, 0.5) is 0 Å². The molecule has 1 saturated heterocycles. The highest BCUT2D eigenvalue weighted by Crippen LogP contribution is 2.19. The summed E-state index contributed by atoms with van der Waals surface area (Å²) in [6, 6.07) is 22.9. The summed E-state index contributed by atoms with van der Waals surface area (Å²) in [5.41, 5.74) is 2.72. The van der Waals surface area contributed by atoms with Crippen LogP contribution in [-0.2, 0) is 32.1 Å². The summed E-state index contributed by atoms with van der Waals surface area (Å²) in [6.07, 6.45) is 2.61. The molecule has 0 bridgehead atoms. The Morgan fingerprint density at radius 2 is 1.49 bits per heavy atom. The average Bonchev–Trinajstić information content (AvgIpc) is 3.07. The molecule has 4 N–H and O–H groups in total. The van der Waals surface area contributed by atoms with Gasteiger partial charge in [-0.15, -0.1) is 0 Å². The first-order valence-corrected chi connectivity index (χ1v) is 14.9. The van der Waals surface area contributed by atoms with Crippen LogP contribution in [-0.4, -0.2) is 58.0 Å². The van der Waals surface area contributed by atoms with Crippen molar-refractivity contribution < 1.29 is 24.0 Å². The number of carbonyl (C=O) groups is 5. The minimum absolute atomic E-state index is 0.0198. The van der Waals surface area contributed by atoms with Gasteiger partial charge < -0.3 is 21.3 Å². The Hall–Kier alpha value is -5.45. The molecule has 11 heteroatoms. The van der Waals surface area contributed by atoms with E-state index >= 15 is 0 Å². The van der Waals surface area contributed by atoms with Gasteiger partial charge in [-0.25, -0.2) is 4.98 Å². The fourth-order valence-corrected chi connectivity index (χ4v) is 5.23. The molecule has 1 aliphatic heterocycles. The number of nitrogens with one attached hydrogen (secondary N) is 4. The Morgan fingerprint density at radius 1 is 0.822 bits per heavy atom. The molecule has 0 radical (unpaired) electrons. The Kier molecular flexibility index (Phi) is 10.2. The number of rotatable bonds is 12. The molecular weight excluding hydrogens is 572 g/mol. The van der Waals surface area contributed by atoms with Gasteiger partial charge in [0, 0.05) is 25.4 Å². The minimum Gasteiger partial charge on any atom is -0.356 e. The van der Waals surface area contributed by atoms with Crippen molar-refractivity contribution in [1.82, 2.24) is 31.2 Å². The fourth-order valence-electron chi connectivity index (χ4n) is 5.23. The van der Waals surface area contributed by atoms with Crippen LogP contribution in [0.1, 0.15) is 40.9 Å². The lowest BCUT2D eigenvalue weighted by atomic mass is 9.89. The zero-order chi connectivity index (χ0) is 31.6. The molecule has 1 aliphatic rings. The van der Waals surface area contributed by atoms with Gasteiger partial charge in [0.25, 0.3) is 11.8 Å². The van der Waals surface area contributed by atoms with Crippen LogP contribution >= 0.6 is 0 Å². The highest BCUT2D eigenvalue weighted by Gasteiger charge is 2.35. The number of amides is 4. The van der Waals surface area contributed by atoms with Crippen LogP contribution in [0.2, 0.25) is 0 Å². The van der Waals surface area contributed by atoms with Crippen LogP contribution in [0.25, 0.3) is 11.0 Å². The van der Waals surface area contributed by atoms with Gasteiger partial charge in [0.05, 0.1) is 23.3 Å². The molecule has 1 aromatic heterocycles. The van der Waals surface area contributed by atoms with E-state index in [9.17, 15) is 24.0 Å². The van der Waals surface area contributed by atoms with E-state index in [1.165, 1.54) is 6.20 Å². The second-order valence-electron chi connectivity index (χ2n) is 10.9. The van der Waals surface area contributed by atoms with E-state index in [-0.39, 0.29) is 31.0 Å². The molecule has 0 saturated carbocycles. The number of ketones is 1. The summed E-state index contributed by atoms with van der Waals surface area (Å²) in [4.78, 5) is 74.9. The SMILES string of the molecule is O=C(NCc1ccccc1)C(=O)[C@H](C[C@@H]1CCCNC1=O)NC(=O)[C@H](Cc1ccccc1)NC(=O)c1cnc2ccccc2n1. The van der Waals surface area contributed by atoms with Crippen molar-refractivity contribution in [2.45, 2.75) is 44.3 Å². The van der Waals surface area contributed by atoms with Crippen LogP contribution in [0.15, 0.2) is 91.1 Å². The van der Waals surface area contributed by atoms with Crippen molar-refractivity contribution in [3.05, 3.63) is 108 Å². The Bertz CT molecular complexity index is 1680. The number of aromatic nitrogens is 2. The summed E-state index contributed by atoms with van der Waals surface area (Å²) in [7, 11) is 0. The zero-order valence-corrected chi connectivity index (χ0v) is 24.6. The molecule has 0 unspecified atom stereocenters. The molecule has 2 heterocycles. The van der Waals surface area contributed by atoms with Crippen molar-refractivity contribution in [2.75, 3.05) is 6.54 Å². The van der Waals surface area contributed by atoms with Crippen LogP contribution in [0.3, 0.4) is 0 Å². The molecule has 0 spiro atoms. The number of fused-ring (bicyclic) bond motifs is 1. The summed E-state index contributed by atoms with van der Waals surface area (Å²) in [5.74, 6) is -3.85. The third-order valence-electron chi connectivity index (χ3n) is 7.66. The van der Waals surface area contributed by atoms with Gasteiger partial charge in [-0.1, -0.05) is 72.8 Å². The van der Waals surface area contributed by atoms with Gasteiger partial charge in [-0.3, -0.25) is 29.0 Å². The number of nitrogens with zero attached hydrogens (tertiary/aromatic N) is 2. The molecule has 45 heavy (non-hydrogen) atoms. The predicted molar refractivity (Wildman–Crippen MR) is 167 cm³/mol. The third-order valence-corrected chi connectivity index (χ3v) is 7.66. The monoisotopic (exact) mass is 606 g/mol. The van der Waals surface area contributed by atoms with E-state index < -0.39 is 41.5 Å². The number of para-hydroxylation sites is 2. The molecule has 1 fully saturated rings. The molecule has 4 aromatic rings. The van der Waals surface area contributed by atoms with Crippen molar-refractivity contribution in [2.24, 2.45) is 5.92 Å². The normalized spacial score (nSPS) is 15.7. The van der Waals surface area contributed by atoms with E-state index in [0.717, 1.165) is 11.1 Å². The number of hydrogen-bond donors (Lipinski definition) is 4. The lowest BCUT2D eigenvalue weighted by molar-refractivity contribution is -0.141. The van der Waals surface area contributed by atoms with Gasteiger partial charge in [0.1, 0.15) is 11.7 Å². The minimum atomic E-state index is -1.29. The van der Waals surface area contributed by atoms with Crippen molar-refractivity contribution in [3.63, 3.8) is 0 Å². The molecule has 3 aromatic carbocycles. The van der Waals surface area contributed by atoms with Crippen LogP contribution in [0.5, 0.6) is 0 Å². The maximum Gasteiger partial charge on any atom is 0.289 e. The number of hydrogen-bond acceptors (Lipinski definition) is 7. The molecule has 0 aliphatic carbocycles. The first-order valence-electron chi connectivity index (χ1n) is 14.9. The predicted octanol–water partition coefficient (Wildman–Crippen LogP) is 2.26. The summed E-state index contributed by atoms with van der Waals surface area (Å²) in [6.45, 7) is 0.649. The fraction of sp³-hybridized carbons (Fsp3) is 0.265. The molecule has 5 rings (SSSR count). The lowest BCUT2D eigenvalue weighted by Crippen LogP contribution is -2.55. The number of piperidine rings is 1. The molecule has 3 atom stereocenters. The van der Waals surface area contributed by atoms with E-state index in [2.05, 4.69) is 31.2 Å². The topological polar surface area (TPSA) is 159 Å². The summed E-state index contributed by atoms with van der Waals surface area (Å²) < 4.78 is 0. The molecule has 4 amide bonds. The number of Topliss-reactive ketones (excluding diaryl/α,β-unsaturated/α-hetero) is 1. The average molecular weight is 607 g/mol. The van der Waals surface area contributed by atoms with Gasteiger partial charge in [0.15, 0.2) is 0 Å². The maximum atomic E-state index is 13.8. The smallest absolute Gasteiger partial charge is 0.289 e. The van der Waals surface area contributed by atoms with Gasteiger partial charge in [0.2, 0.25) is 17.6 Å². The summed E-state index contributed by atoms with van der Waals surface area (Å²) >= 11 is 0. The highest BCUT2D eigenvalue weighted by molar-refractivity contribution is 6.38. The first-order chi connectivity index (χ1) is 21.9. The maximum absolute atomic E-state index is 13.8. The standard InChI is InChI=1S/C34H34N6O5/c41-30(34(45)37-20-23-12-5-2-6-13-23)27(19-24-14-9-17-35-31(24)42)39-32(43)28(18-22-10-3-1-4-11-22)40-33(44)29-21-36-25-15-7-8-16-26(25)38-29/h1-8,10-13,15-16,21,24,27-28H,9,14,17-20H2,(H,35,42)(H,37,45)(H,39,43)(H,40,44)/t24-,27-,28-/m0/s1. The lowest BCUT2D eigenvalue weighted by Gasteiger charge is -2.27. The number of benzene rings is 3. The Labute approximate surface area is 260 Å². The van der Waals surface area contributed by atoms with Crippen molar-refractivity contribution in [1.29, 1.82) is 0 Å². The van der Waals surface area contributed by atoms with Crippen LogP contribution < -0.4 is 21.3 Å². The van der Waals surface area contributed by atoms with Crippen molar-refractivity contribution >= 4 is 40.4 Å². The van der Waals surface area contributed by atoms with E-state index in [1.807, 2.05) is 66.7 Å². The zero-order valence-electron chi connectivity index (χ0n) is 24.6. The van der Waals surface area contributed by atoms with Gasteiger partial charge in [-0.2, -0.15) is 0 Å². The van der Waals surface area contributed by atoms with Crippen LogP contribution in [0, 0.1) is 5.92 Å². The Balaban J connectivity index is 1.36. The molecule has 11 nitrogen and oxygen atoms in total. The van der Waals surface area contributed by atoms with E-state index in [0.29, 0.717) is 30.4 Å². The molecule has 230 valence electrons. The van der Waals surface area contributed by atoms with Gasteiger partial charge in [-0.05, 0) is 42.5 Å². The second-order valence-corrected chi connectivity index (χ2v) is 10.9. The van der Waals surface area contributed by atoms with E-state index in [1.54, 1.807) is 18.2 Å². The van der Waals surface area contributed by atoms with E-state index in [4.69, 9.17) is 0 Å². The quantitative estimate of drug-likeness (QED) is 0.180. The molecular formula is C34H34N6O5. The second kappa shape index (κ2) is 14.8. The third kappa shape index (κ3) is 8.35. The highest BCUT2D eigenvalue weighted by atomic mass is 16.2. The first kappa shape index (κ1) is 31.0. The van der Waals surface area contributed by atoms with Crippen molar-refractivity contribution in [3.8, 4) is 0 Å². The summed E-state index contributed by atoms with van der Waals surface area (Å²) in [5, 5.41) is 10.8. The Morgan fingerprint density at radius 3 is 2.20 bits per heavy atom. The van der Waals surface area contributed by atoms with Gasteiger partial charge >= 0.3 is 0 Å². The number of carbonyl (C=O) groups excluding carboxylic acids is 5. The largest absolute Gasteiger partial charge is 0.356 e.